The summed E-state index contributed by atoms with van der Waals surface area (Å²) in [6.45, 7) is 5.58. The Hall–Kier alpha value is -0.380. The smallest absolute Gasteiger partial charge is 0.315 e. The topological polar surface area (TPSA) is 43.4 Å². The summed E-state index contributed by atoms with van der Waals surface area (Å²) in [6, 6.07) is 0. The summed E-state index contributed by atoms with van der Waals surface area (Å²) < 4.78 is 3.97. The zero-order chi connectivity index (χ0) is 13.5. The predicted octanol–water partition coefficient (Wildman–Crippen LogP) is 3.49. The number of methoxy groups -OCH3 is 1. The first-order valence-corrected chi connectivity index (χ1v) is 6.97. The van der Waals surface area contributed by atoms with Crippen LogP contribution in [0.5, 0.6) is 0 Å². The van der Waals surface area contributed by atoms with Crippen molar-refractivity contribution in [3.63, 3.8) is 0 Å². The Morgan fingerprint density at radius 2 is 1.88 bits per heavy atom. The summed E-state index contributed by atoms with van der Waals surface area (Å²) in [5.74, 6) is -1.26. The van der Waals surface area contributed by atoms with Gasteiger partial charge in [0, 0.05) is 0 Å². The lowest BCUT2D eigenvalue weighted by atomic mass is 9.91. The highest BCUT2D eigenvalue weighted by Gasteiger charge is 2.36. The number of rotatable bonds is 8. The van der Waals surface area contributed by atoms with Crippen molar-refractivity contribution in [1.29, 1.82) is 0 Å². The van der Waals surface area contributed by atoms with Gasteiger partial charge in [-0.1, -0.05) is 48.5 Å². The van der Waals surface area contributed by atoms with E-state index < -0.39 is 16.2 Å². The number of unbranched alkanes of at least 4 members (excludes halogenated alkanes) is 3. The molecular formula is C13H23BrO3. The molecule has 2 atom stereocenters. The number of hydrogen-bond acceptors (Lipinski definition) is 3. The third-order valence-electron chi connectivity index (χ3n) is 2.96. The minimum absolute atomic E-state index is 0.0964. The Balaban J connectivity index is 4.28. The second-order valence-corrected chi connectivity index (χ2v) is 6.37. The average Bonchev–Trinajstić information content (AvgIpc) is 2.31. The predicted molar refractivity (Wildman–Crippen MR) is 72.3 cm³/mol. The summed E-state index contributed by atoms with van der Waals surface area (Å²) in [7, 11) is 1.30. The van der Waals surface area contributed by atoms with Gasteiger partial charge in [0.05, 0.1) is 11.4 Å². The molecule has 2 unspecified atom stereocenters. The number of halogens is 1. The first-order chi connectivity index (χ1) is 7.86. The van der Waals surface area contributed by atoms with E-state index in [-0.39, 0.29) is 5.78 Å². The van der Waals surface area contributed by atoms with Gasteiger partial charge in [0.25, 0.3) is 0 Å². The zero-order valence-electron chi connectivity index (χ0n) is 11.2. The molecule has 0 rings (SSSR count). The molecule has 0 aliphatic carbocycles. The third-order valence-corrected chi connectivity index (χ3v) is 3.75. The van der Waals surface area contributed by atoms with Crippen molar-refractivity contribution < 1.29 is 14.3 Å². The number of alkyl halides is 1. The van der Waals surface area contributed by atoms with Crippen LogP contribution in [-0.4, -0.2) is 23.2 Å². The number of hydrogen-bond donors (Lipinski definition) is 0. The Morgan fingerprint density at radius 1 is 1.29 bits per heavy atom. The van der Waals surface area contributed by atoms with Crippen molar-refractivity contribution in [1.82, 2.24) is 0 Å². The van der Waals surface area contributed by atoms with E-state index in [4.69, 9.17) is 0 Å². The molecule has 0 bridgehead atoms. The van der Waals surface area contributed by atoms with Gasteiger partial charge in [0.1, 0.15) is 5.92 Å². The molecule has 17 heavy (non-hydrogen) atoms. The molecule has 0 saturated heterocycles. The van der Waals surface area contributed by atoms with E-state index in [0.717, 1.165) is 19.3 Å². The van der Waals surface area contributed by atoms with Crippen LogP contribution in [0.1, 0.15) is 52.9 Å². The highest BCUT2D eigenvalue weighted by Crippen LogP contribution is 2.29. The van der Waals surface area contributed by atoms with Gasteiger partial charge in [-0.25, -0.2) is 0 Å². The van der Waals surface area contributed by atoms with E-state index in [1.165, 1.54) is 20.0 Å². The minimum Gasteiger partial charge on any atom is -0.468 e. The normalized spacial score (nSPS) is 16.1. The van der Waals surface area contributed by atoms with E-state index in [1.807, 2.05) is 6.92 Å². The van der Waals surface area contributed by atoms with E-state index in [2.05, 4.69) is 27.6 Å². The first-order valence-electron chi connectivity index (χ1n) is 6.17. The van der Waals surface area contributed by atoms with Crippen molar-refractivity contribution in [2.24, 2.45) is 5.92 Å². The van der Waals surface area contributed by atoms with E-state index in [9.17, 15) is 9.59 Å². The Kier molecular flexibility index (Phi) is 7.68. The quantitative estimate of drug-likeness (QED) is 0.298. The van der Waals surface area contributed by atoms with Crippen molar-refractivity contribution >= 4 is 27.7 Å². The maximum absolute atomic E-state index is 12.1. The number of ether oxygens (including phenoxy) is 1. The monoisotopic (exact) mass is 306 g/mol. The third kappa shape index (κ3) is 5.66. The van der Waals surface area contributed by atoms with Crippen LogP contribution in [0, 0.1) is 5.92 Å². The highest BCUT2D eigenvalue weighted by molar-refractivity contribution is 9.10. The molecule has 3 nitrogen and oxygen atoms in total. The van der Waals surface area contributed by atoms with Gasteiger partial charge in [0.2, 0.25) is 0 Å². The zero-order valence-corrected chi connectivity index (χ0v) is 12.8. The fourth-order valence-corrected chi connectivity index (χ4v) is 2.37. The van der Waals surface area contributed by atoms with Crippen LogP contribution in [-0.2, 0) is 14.3 Å². The van der Waals surface area contributed by atoms with Crippen LogP contribution in [0.2, 0.25) is 0 Å². The van der Waals surface area contributed by atoms with Crippen LogP contribution in [0.3, 0.4) is 0 Å². The van der Waals surface area contributed by atoms with Crippen LogP contribution in [0.15, 0.2) is 0 Å². The summed E-state index contributed by atoms with van der Waals surface area (Å²) in [5, 5.41) is 0. The number of Topliss-reactive ketones (excluding diaryl/α,β-unsaturated/α-hetero) is 1. The molecule has 0 radical (unpaired) electrons. The number of esters is 1. The molecule has 0 fully saturated rings. The molecule has 0 spiro atoms. The molecule has 4 heteroatoms. The lowest BCUT2D eigenvalue weighted by molar-refractivity contribution is -0.149. The summed E-state index contributed by atoms with van der Waals surface area (Å²) in [4.78, 5) is 23.4. The van der Waals surface area contributed by atoms with Gasteiger partial charge in [0.15, 0.2) is 5.78 Å². The molecule has 0 amide bonds. The van der Waals surface area contributed by atoms with Gasteiger partial charge in [-0.2, -0.15) is 0 Å². The molecule has 0 heterocycles. The number of ketones is 1. The Labute approximate surface area is 112 Å². The lowest BCUT2D eigenvalue weighted by Crippen LogP contribution is -2.37. The molecule has 0 aliphatic heterocycles. The summed E-state index contributed by atoms with van der Waals surface area (Å²) in [5.41, 5.74) is 0. The lowest BCUT2D eigenvalue weighted by Gasteiger charge is -2.23. The van der Waals surface area contributed by atoms with Gasteiger partial charge >= 0.3 is 5.97 Å². The van der Waals surface area contributed by atoms with E-state index in [1.54, 1.807) is 6.92 Å². The first kappa shape index (κ1) is 16.6. The van der Waals surface area contributed by atoms with E-state index >= 15 is 0 Å². The maximum Gasteiger partial charge on any atom is 0.315 e. The van der Waals surface area contributed by atoms with Crippen molar-refractivity contribution in [3.05, 3.63) is 0 Å². The van der Waals surface area contributed by atoms with Crippen LogP contribution >= 0.6 is 15.9 Å². The van der Waals surface area contributed by atoms with Gasteiger partial charge in [-0.3, -0.25) is 9.59 Å². The molecule has 0 N–H and O–H groups in total. The van der Waals surface area contributed by atoms with Crippen LogP contribution < -0.4 is 0 Å². The van der Waals surface area contributed by atoms with E-state index in [0.29, 0.717) is 0 Å². The van der Waals surface area contributed by atoms with Crippen LogP contribution in [0.25, 0.3) is 0 Å². The second kappa shape index (κ2) is 7.85. The Bertz CT molecular complexity index is 261. The molecule has 0 aromatic rings. The fraction of sp³-hybridized carbons (Fsp3) is 0.846. The van der Waals surface area contributed by atoms with Gasteiger partial charge in [-0.05, 0) is 20.3 Å². The maximum atomic E-state index is 12.1. The Morgan fingerprint density at radius 3 is 2.35 bits per heavy atom. The molecule has 100 valence electrons. The summed E-state index contributed by atoms with van der Waals surface area (Å²) >= 11 is 3.44. The molecular weight excluding hydrogens is 284 g/mol. The van der Waals surface area contributed by atoms with Gasteiger partial charge < -0.3 is 4.74 Å². The number of carbonyl (C=O) groups is 2. The van der Waals surface area contributed by atoms with Gasteiger partial charge in [-0.15, -0.1) is 0 Å². The molecule has 0 saturated carbocycles. The largest absolute Gasteiger partial charge is 0.468 e. The van der Waals surface area contributed by atoms with Crippen molar-refractivity contribution in [2.75, 3.05) is 7.11 Å². The van der Waals surface area contributed by atoms with Crippen molar-refractivity contribution in [3.8, 4) is 0 Å². The number of carbonyl (C=O) groups excluding carboxylic acids is 2. The molecule has 0 aromatic heterocycles. The van der Waals surface area contributed by atoms with Crippen molar-refractivity contribution in [2.45, 2.75) is 57.2 Å². The minimum atomic E-state index is -0.699. The second-order valence-electron chi connectivity index (χ2n) is 4.62. The SMILES string of the molecule is CCCCCCC(C)(Br)C(=O)C(C)C(=O)OC. The molecule has 0 aliphatic rings. The highest BCUT2D eigenvalue weighted by atomic mass is 79.9. The fourth-order valence-electron chi connectivity index (χ4n) is 1.74. The summed E-state index contributed by atoms with van der Waals surface area (Å²) in [6.07, 6.45) is 5.23. The standard InChI is InChI=1S/C13H23BrO3/c1-5-6-7-8-9-13(3,14)11(15)10(2)12(16)17-4/h10H,5-9H2,1-4H3. The average molecular weight is 307 g/mol. The van der Waals surface area contributed by atoms with Crippen LogP contribution in [0.4, 0.5) is 0 Å². The molecule has 0 aromatic carbocycles.